The molecule has 0 saturated carbocycles. The molecule has 0 unspecified atom stereocenters. The predicted molar refractivity (Wildman–Crippen MR) is 58.8 cm³/mol. The van der Waals surface area contributed by atoms with Crippen molar-refractivity contribution in [3.05, 3.63) is 53.2 Å². The summed E-state index contributed by atoms with van der Waals surface area (Å²) in [5.74, 6) is -0.0497. The summed E-state index contributed by atoms with van der Waals surface area (Å²) in [4.78, 5) is 11.8. The Hall–Kier alpha value is -2.17. The molecule has 17 heavy (non-hydrogen) atoms. The van der Waals surface area contributed by atoms with Gasteiger partial charge in [-0.1, -0.05) is 5.16 Å². The third-order valence-electron chi connectivity index (χ3n) is 2.35. The molecule has 0 spiro atoms. The third kappa shape index (κ3) is 2.69. The van der Waals surface area contributed by atoms with E-state index in [-0.39, 0.29) is 18.3 Å². The highest BCUT2D eigenvalue weighted by molar-refractivity contribution is 5.95. The van der Waals surface area contributed by atoms with E-state index >= 15 is 0 Å². The van der Waals surface area contributed by atoms with Gasteiger partial charge in [0.2, 0.25) is 0 Å². The first kappa shape index (κ1) is 11.3. The highest BCUT2D eigenvalue weighted by Gasteiger charge is 2.09. The molecule has 2 aromatic rings. The number of halogens is 1. The zero-order valence-electron chi connectivity index (χ0n) is 9.24. The second-order valence-corrected chi connectivity index (χ2v) is 3.62. The van der Waals surface area contributed by atoms with Crippen molar-refractivity contribution in [3.63, 3.8) is 0 Å². The molecule has 1 amide bonds. The lowest BCUT2D eigenvalue weighted by Gasteiger charge is -2.05. The monoisotopic (exact) mass is 234 g/mol. The molecule has 0 atom stereocenters. The second-order valence-electron chi connectivity index (χ2n) is 3.62. The minimum Gasteiger partial charge on any atom is -0.360 e. The van der Waals surface area contributed by atoms with Crippen LogP contribution in [0.4, 0.5) is 4.39 Å². The Balaban J connectivity index is 2.04. The maximum absolute atomic E-state index is 12.9. The van der Waals surface area contributed by atoms with E-state index in [0.717, 1.165) is 0 Å². The molecule has 1 aromatic carbocycles. The van der Waals surface area contributed by atoms with Crippen LogP contribution in [0.3, 0.4) is 0 Å². The highest BCUT2D eigenvalue weighted by Crippen LogP contribution is 2.10. The highest BCUT2D eigenvalue weighted by atomic mass is 19.1. The number of amides is 1. The van der Waals surface area contributed by atoms with Gasteiger partial charge in [0, 0.05) is 11.6 Å². The summed E-state index contributed by atoms with van der Waals surface area (Å²) >= 11 is 0. The molecule has 0 aliphatic heterocycles. The topological polar surface area (TPSA) is 55.1 Å². The van der Waals surface area contributed by atoms with E-state index in [4.69, 9.17) is 4.52 Å². The van der Waals surface area contributed by atoms with E-state index in [1.54, 1.807) is 13.0 Å². The molecule has 0 saturated heterocycles. The Labute approximate surface area is 97.4 Å². The Morgan fingerprint density at radius 3 is 2.94 bits per heavy atom. The molecule has 0 radical (unpaired) electrons. The third-order valence-corrected chi connectivity index (χ3v) is 2.35. The lowest BCUT2D eigenvalue weighted by molar-refractivity contribution is 0.0946. The Morgan fingerprint density at radius 1 is 1.47 bits per heavy atom. The number of nitrogens with one attached hydrogen (secondary N) is 1. The van der Waals surface area contributed by atoms with E-state index < -0.39 is 0 Å². The van der Waals surface area contributed by atoms with Crippen LogP contribution < -0.4 is 5.32 Å². The lowest BCUT2D eigenvalue weighted by Crippen LogP contribution is -2.23. The molecular weight excluding hydrogens is 223 g/mol. The molecule has 0 fully saturated rings. The SMILES string of the molecule is Cc1cc(F)ccc1C(=O)NCc1ccno1. The first-order valence-corrected chi connectivity index (χ1v) is 5.11. The van der Waals surface area contributed by atoms with Gasteiger partial charge in [-0.15, -0.1) is 0 Å². The number of nitrogens with zero attached hydrogens (tertiary/aromatic N) is 1. The molecule has 4 nitrogen and oxygen atoms in total. The molecule has 1 aromatic heterocycles. The zero-order valence-corrected chi connectivity index (χ0v) is 9.24. The van der Waals surface area contributed by atoms with Crippen LogP contribution in [0.25, 0.3) is 0 Å². The Bertz CT molecular complexity index is 523. The number of carbonyl (C=O) groups is 1. The molecule has 5 heteroatoms. The maximum Gasteiger partial charge on any atom is 0.251 e. The molecule has 0 aliphatic carbocycles. The summed E-state index contributed by atoms with van der Waals surface area (Å²) in [7, 11) is 0. The number of aryl methyl sites for hydroxylation is 1. The number of hydrogen-bond acceptors (Lipinski definition) is 3. The molecule has 0 aliphatic rings. The summed E-state index contributed by atoms with van der Waals surface area (Å²) in [5, 5.41) is 6.19. The van der Waals surface area contributed by atoms with E-state index in [0.29, 0.717) is 16.9 Å². The standard InChI is InChI=1S/C12H11FN2O2/c1-8-6-9(13)2-3-11(8)12(16)14-7-10-4-5-15-17-10/h2-6H,7H2,1H3,(H,14,16). The largest absolute Gasteiger partial charge is 0.360 e. The van der Waals surface area contributed by atoms with Crippen molar-refractivity contribution in [1.29, 1.82) is 0 Å². The quantitative estimate of drug-likeness (QED) is 0.884. The van der Waals surface area contributed by atoms with Gasteiger partial charge in [0.1, 0.15) is 5.82 Å². The van der Waals surface area contributed by atoms with Crippen molar-refractivity contribution >= 4 is 5.91 Å². The molecule has 2 rings (SSSR count). The van der Waals surface area contributed by atoms with Crippen LogP contribution in [-0.2, 0) is 6.54 Å². The van der Waals surface area contributed by atoms with Crippen molar-refractivity contribution in [2.75, 3.05) is 0 Å². The summed E-state index contributed by atoms with van der Waals surface area (Å²) in [6.07, 6.45) is 1.50. The molecular formula is C12H11FN2O2. The van der Waals surface area contributed by atoms with Crippen LogP contribution in [0, 0.1) is 12.7 Å². The van der Waals surface area contributed by atoms with Crippen LogP contribution in [-0.4, -0.2) is 11.1 Å². The van der Waals surface area contributed by atoms with Crippen molar-refractivity contribution in [3.8, 4) is 0 Å². The van der Waals surface area contributed by atoms with Gasteiger partial charge in [-0.05, 0) is 30.7 Å². The summed E-state index contributed by atoms with van der Waals surface area (Å²) in [5.41, 5.74) is 1.05. The van der Waals surface area contributed by atoms with Crippen LogP contribution in [0.1, 0.15) is 21.7 Å². The normalized spacial score (nSPS) is 10.2. The first-order valence-electron chi connectivity index (χ1n) is 5.11. The van der Waals surface area contributed by atoms with Crippen molar-refractivity contribution in [1.82, 2.24) is 10.5 Å². The van der Waals surface area contributed by atoms with Gasteiger partial charge in [0.25, 0.3) is 5.91 Å². The Kier molecular flexibility index (Phi) is 3.18. The van der Waals surface area contributed by atoms with Crippen LogP contribution >= 0.6 is 0 Å². The zero-order chi connectivity index (χ0) is 12.3. The fraction of sp³-hybridized carbons (Fsp3) is 0.167. The molecule has 88 valence electrons. The number of rotatable bonds is 3. The molecule has 1 N–H and O–H groups in total. The van der Waals surface area contributed by atoms with E-state index in [2.05, 4.69) is 10.5 Å². The number of hydrogen-bond donors (Lipinski definition) is 1. The minimum atomic E-state index is -0.353. The molecule has 1 heterocycles. The van der Waals surface area contributed by atoms with Crippen LogP contribution in [0.5, 0.6) is 0 Å². The van der Waals surface area contributed by atoms with Gasteiger partial charge in [0.05, 0.1) is 12.7 Å². The van der Waals surface area contributed by atoms with Crippen LogP contribution in [0.15, 0.2) is 35.0 Å². The maximum atomic E-state index is 12.9. The van der Waals surface area contributed by atoms with E-state index in [1.807, 2.05) is 0 Å². The average Bonchev–Trinajstić information content (AvgIpc) is 2.78. The van der Waals surface area contributed by atoms with Crippen molar-refractivity contribution in [2.45, 2.75) is 13.5 Å². The number of benzene rings is 1. The van der Waals surface area contributed by atoms with E-state index in [9.17, 15) is 9.18 Å². The second kappa shape index (κ2) is 4.78. The van der Waals surface area contributed by atoms with E-state index in [1.165, 1.54) is 24.4 Å². The van der Waals surface area contributed by atoms with Crippen LogP contribution in [0.2, 0.25) is 0 Å². The molecule has 0 bridgehead atoms. The summed E-state index contributed by atoms with van der Waals surface area (Å²) in [6.45, 7) is 1.95. The summed E-state index contributed by atoms with van der Waals surface area (Å²) in [6, 6.07) is 5.71. The van der Waals surface area contributed by atoms with Gasteiger partial charge in [-0.3, -0.25) is 4.79 Å². The van der Waals surface area contributed by atoms with Gasteiger partial charge in [-0.25, -0.2) is 4.39 Å². The average molecular weight is 234 g/mol. The fourth-order valence-corrected chi connectivity index (χ4v) is 1.48. The summed E-state index contributed by atoms with van der Waals surface area (Å²) < 4.78 is 17.7. The van der Waals surface area contributed by atoms with Gasteiger partial charge < -0.3 is 9.84 Å². The van der Waals surface area contributed by atoms with Gasteiger partial charge >= 0.3 is 0 Å². The van der Waals surface area contributed by atoms with Gasteiger partial charge in [-0.2, -0.15) is 0 Å². The number of aromatic nitrogens is 1. The first-order chi connectivity index (χ1) is 8.16. The van der Waals surface area contributed by atoms with Crippen molar-refractivity contribution in [2.24, 2.45) is 0 Å². The number of carbonyl (C=O) groups excluding carboxylic acids is 1. The van der Waals surface area contributed by atoms with Gasteiger partial charge in [0.15, 0.2) is 5.76 Å². The Morgan fingerprint density at radius 2 is 2.29 bits per heavy atom. The smallest absolute Gasteiger partial charge is 0.251 e. The minimum absolute atomic E-state index is 0.260. The fourth-order valence-electron chi connectivity index (χ4n) is 1.48. The lowest BCUT2D eigenvalue weighted by atomic mass is 10.1. The van der Waals surface area contributed by atoms with Crippen molar-refractivity contribution < 1.29 is 13.7 Å². The predicted octanol–water partition coefficient (Wildman–Crippen LogP) is 2.05.